The first kappa shape index (κ1) is 14.7. The predicted molar refractivity (Wildman–Crippen MR) is 84.9 cm³/mol. The molecule has 0 amide bonds. The highest BCUT2D eigenvalue weighted by Crippen LogP contribution is 2.24. The molecule has 20 heavy (non-hydrogen) atoms. The lowest BCUT2D eigenvalue weighted by Gasteiger charge is -2.23. The minimum atomic E-state index is 0.314. The lowest BCUT2D eigenvalue weighted by Crippen LogP contribution is -2.23. The molecule has 0 bridgehead atoms. The second-order valence-corrected chi connectivity index (χ2v) is 5.68. The number of pyridine rings is 1. The van der Waals surface area contributed by atoms with Crippen LogP contribution < -0.4 is 5.32 Å². The van der Waals surface area contributed by atoms with E-state index in [2.05, 4.69) is 69.2 Å². The molecule has 2 nitrogen and oxygen atoms in total. The Balaban J connectivity index is 2.16. The molecule has 0 fully saturated rings. The van der Waals surface area contributed by atoms with Gasteiger partial charge in [0.15, 0.2) is 0 Å². The standard InChI is InChI=1S/C18H24N2/c1-12-10-14(3)18(11-13(12)2)16(5)20-15(4)17-6-8-19-9-7-17/h6-11,15-16,20H,1-5H3/t15-,16?/m0/s1. The van der Waals surface area contributed by atoms with Crippen molar-refractivity contribution in [2.24, 2.45) is 0 Å². The third kappa shape index (κ3) is 3.26. The van der Waals surface area contributed by atoms with Crippen LogP contribution in [0.4, 0.5) is 0 Å². The van der Waals surface area contributed by atoms with Crippen molar-refractivity contribution in [2.75, 3.05) is 0 Å². The van der Waals surface area contributed by atoms with Crippen LogP contribution in [0.15, 0.2) is 36.7 Å². The van der Waals surface area contributed by atoms with E-state index in [4.69, 9.17) is 0 Å². The van der Waals surface area contributed by atoms with Crippen molar-refractivity contribution < 1.29 is 0 Å². The van der Waals surface area contributed by atoms with Crippen LogP contribution in [-0.2, 0) is 0 Å². The van der Waals surface area contributed by atoms with Crippen LogP contribution in [0.1, 0.15) is 53.7 Å². The summed E-state index contributed by atoms with van der Waals surface area (Å²) in [5, 5.41) is 3.67. The second-order valence-electron chi connectivity index (χ2n) is 5.68. The first-order valence-electron chi connectivity index (χ1n) is 7.22. The average molecular weight is 268 g/mol. The molecule has 2 rings (SSSR count). The third-order valence-corrected chi connectivity index (χ3v) is 4.05. The molecule has 0 spiro atoms. The number of hydrogen-bond acceptors (Lipinski definition) is 2. The number of benzene rings is 1. The Morgan fingerprint density at radius 3 is 2.10 bits per heavy atom. The summed E-state index contributed by atoms with van der Waals surface area (Å²) >= 11 is 0. The molecule has 1 aromatic heterocycles. The van der Waals surface area contributed by atoms with Gasteiger partial charge in [0.1, 0.15) is 0 Å². The first-order valence-corrected chi connectivity index (χ1v) is 7.22. The van der Waals surface area contributed by atoms with Gasteiger partial charge >= 0.3 is 0 Å². The van der Waals surface area contributed by atoms with Gasteiger partial charge in [0.05, 0.1) is 0 Å². The molecular weight excluding hydrogens is 244 g/mol. The number of hydrogen-bond donors (Lipinski definition) is 1. The zero-order chi connectivity index (χ0) is 14.7. The Morgan fingerprint density at radius 1 is 0.850 bits per heavy atom. The molecule has 2 heteroatoms. The topological polar surface area (TPSA) is 24.9 Å². The number of nitrogens with one attached hydrogen (secondary N) is 1. The molecule has 1 heterocycles. The SMILES string of the molecule is Cc1cc(C)c(C(C)N[C@@H](C)c2ccncc2)cc1C. The highest BCUT2D eigenvalue weighted by Gasteiger charge is 2.13. The summed E-state index contributed by atoms with van der Waals surface area (Å²) in [5.74, 6) is 0. The minimum absolute atomic E-state index is 0.314. The molecule has 0 aliphatic heterocycles. The van der Waals surface area contributed by atoms with E-state index in [9.17, 15) is 0 Å². The molecular formula is C18H24N2. The van der Waals surface area contributed by atoms with E-state index >= 15 is 0 Å². The Hall–Kier alpha value is -1.67. The molecule has 2 aromatic rings. The van der Waals surface area contributed by atoms with E-state index in [-0.39, 0.29) is 0 Å². The van der Waals surface area contributed by atoms with Crippen molar-refractivity contribution in [3.8, 4) is 0 Å². The van der Waals surface area contributed by atoms with Crippen LogP contribution in [0.3, 0.4) is 0 Å². The smallest absolute Gasteiger partial charge is 0.0300 e. The van der Waals surface area contributed by atoms with Gasteiger partial charge in [-0.3, -0.25) is 4.98 Å². The van der Waals surface area contributed by atoms with Crippen molar-refractivity contribution in [1.82, 2.24) is 10.3 Å². The van der Waals surface area contributed by atoms with E-state index in [0.29, 0.717) is 12.1 Å². The molecule has 2 atom stereocenters. The van der Waals surface area contributed by atoms with Crippen molar-refractivity contribution in [3.05, 3.63) is 64.5 Å². The maximum atomic E-state index is 4.07. The van der Waals surface area contributed by atoms with Crippen molar-refractivity contribution in [2.45, 2.75) is 46.7 Å². The van der Waals surface area contributed by atoms with Gasteiger partial charge < -0.3 is 5.32 Å². The van der Waals surface area contributed by atoms with Crippen LogP contribution in [-0.4, -0.2) is 4.98 Å². The van der Waals surface area contributed by atoms with Crippen LogP contribution in [0.5, 0.6) is 0 Å². The van der Waals surface area contributed by atoms with Crippen molar-refractivity contribution in [3.63, 3.8) is 0 Å². The summed E-state index contributed by atoms with van der Waals surface area (Å²) in [6.45, 7) is 11.0. The number of aromatic nitrogens is 1. The largest absolute Gasteiger partial charge is 0.304 e. The van der Waals surface area contributed by atoms with Crippen molar-refractivity contribution >= 4 is 0 Å². The fraction of sp³-hybridized carbons (Fsp3) is 0.389. The van der Waals surface area contributed by atoms with Crippen LogP contribution in [0.2, 0.25) is 0 Å². The molecule has 106 valence electrons. The summed E-state index contributed by atoms with van der Waals surface area (Å²) in [5.41, 5.74) is 6.73. The van der Waals surface area contributed by atoms with E-state index < -0.39 is 0 Å². The fourth-order valence-electron chi connectivity index (χ4n) is 2.66. The molecule has 1 N–H and O–H groups in total. The van der Waals surface area contributed by atoms with Gasteiger partial charge in [-0.05, 0) is 74.6 Å². The van der Waals surface area contributed by atoms with Gasteiger partial charge in [-0.1, -0.05) is 12.1 Å². The summed E-state index contributed by atoms with van der Waals surface area (Å²) in [4.78, 5) is 4.07. The summed E-state index contributed by atoms with van der Waals surface area (Å²) < 4.78 is 0. The summed E-state index contributed by atoms with van der Waals surface area (Å²) in [6.07, 6.45) is 3.69. The summed E-state index contributed by atoms with van der Waals surface area (Å²) in [6, 6.07) is 9.36. The Bertz CT molecular complexity index is 575. The van der Waals surface area contributed by atoms with Crippen LogP contribution >= 0.6 is 0 Å². The number of rotatable bonds is 4. The Labute approximate surface area is 122 Å². The zero-order valence-corrected chi connectivity index (χ0v) is 13.1. The fourth-order valence-corrected chi connectivity index (χ4v) is 2.66. The Morgan fingerprint density at radius 2 is 1.45 bits per heavy atom. The number of aryl methyl sites for hydroxylation is 3. The third-order valence-electron chi connectivity index (χ3n) is 4.05. The highest BCUT2D eigenvalue weighted by atomic mass is 14.9. The van der Waals surface area contributed by atoms with Crippen LogP contribution in [0.25, 0.3) is 0 Å². The lowest BCUT2D eigenvalue weighted by atomic mass is 9.96. The van der Waals surface area contributed by atoms with Gasteiger partial charge in [0.2, 0.25) is 0 Å². The molecule has 0 aliphatic carbocycles. The van der Waals surface area contributed by atoms with Crippen molar-refractivity contribution in [1.29, 1.82) is 0 Å². The normalized spacial score (nSPS) is 14.1. The van der Waals surface area contributed by atoms with Gasteiger partial charge in [-0.15, -0.1) is 0 Å². The average Bonchev–Trinajstić information content (AvgIpc) is 2.43. The van der Waals surface area contributed by atoms with Gasteiger partial charge in [0, 0.05) is 24.5 Å². The molecule has 0 saturated heterocycles. The van der Waals surface area contributed by atoms with Crippen LogP contribution in [0, 0.1) is 20.8 Å². The minimum Gasteiger partial charge on any atom is -0.304 e. The predicted octanol–water partition coefficient (Wildman–Crippen LogP) is 4.42. The number of nitrogens with zero attached hydrogens (tertiary/aromatic N) is 1. The van der Waals surface area contributed by atoms with Gasteiger partial charge in [-0.2, -0.15) is 0 Å². The lowest BCUT2D eigenvalue weighted by molar-refractivity contribution is 0.492. The molecule has 1 unspecified atom stereocenters. The quantitative estimate of drug-likeness (QED) is 0.888. The van der Waals surface area contributed by atoms with E-state index in [0.717, 1.165) is 0 Å². The monoisotopic (exact) mass is 268 g/mol. The maximum Gasteiger partial charge on any atom is 0.0300 e. The van der Waals surface area contributed by atoms with E-state index in [1.807, 2.05) is 12.4 Å². The molecule has 0 radical (unpaired) electrons. The maximum absolute atomic E-state index is 4.07. The zero-order valence-electron chi connectivity index (χ0n) is 13.1. The molecule has 0 saturated carbocycles. The first-order chi connectivity index (χ1) is 9.49. The molecule has 1 aromatic carbocycles. The molecule has 0 aliphatic rings. The van der Waals surface area contributed by atoms with Gasteiger partial charge in [0.25, 0.3) is 0 Å². The summed E-state index contributed by atoms with van der Waals surface area (Å²) in [7, 11) is 0. The van der Waals surface area contributed by atoms with Gasteiger partial charge in [-0.25, -0.2) is 0 Å². The van der Waals surface area contributed by atoms with E-state index in [1.165, 1.54) is 27.8 Å². The highest BCUT2D eigenvalue weighted by molar-refractivity contribution is 5.38. The van der Waals surface area contributed by atoms with E-state index in [1.54, 1.807) is 0 Å². The Kier molecular flexibility index (Phi) is 4.56. The second kappa shape index (κ2) is 6.19.